The quantitative estimate of drug-likeness (QED) is 0.564. The summed E-state index contributed by atoms with van der Waals surface area (Å²) in [5.74, 6) is 0.687. The average Bonchev–Trinajstić information content (AvgIpc) is 3.31. The van der Waals surface area contributed by atoms with Crippen LogP contribution in [0.5, 0.6) is 5.75 Å². The number of fused-ring (bicyclic) bond motifs is 1. The molecule has 2 aromatic heterocycles. The molecule has 1 aliphatic heterocycles. The zero-order valence-corrected chi connectivity index (χ0v) is 17.3. The first-order valence-electron chi connectivity index (χ1n) is 9.18. The fraction of sp³-hybridized carbons (Fsp3) is 0.300. The van der Waals surface area contributed by atoms with Gasteiger partial charge in [-0.2, -0.15) is 0 Å². The lowest BCUT2D eigenvalue weighted by atomic mass is 10.1. The number of hydrazine groups is 1. The van der Waals surface area contributed by atoms with Crippen molar-refractivity contribution in [2.24, 2.45) is 0 Å². The Kier molecular flexibility index (Phi) is 5.34. The van der Waals surface area contributed by atoms with Crippen molar-refractivity contribution in [3.8, 4) is 5.75 Å². The summed E-state index contributed by atoms with van der Waals surface area (Å²) < 4.78 is 8.42. The Hall–Kier alpha value is -2.42. The maximum atomic E-state index is 12.5. The normalized spacial score (nSPS) is 19.1. The van der Waals surface area contributed by atoms with Gasteiger partial charge < -0.3 is 14.6 Å². The van der Waals surface area contributed by atoms with E-state index < -0.39 is 0 Å². The summed E-state index contributed by atoms with van der Waals surface area (Å²) in [6.45, 7) is 2.98. The Balaban J connectivity index is 1.52. The number of nitrogens with zero attached hydrogens (tertiary/aromatic N) is 2. The van der Waals surface area contributed by atoms with Gasteiger partial charge in [-0.1, -0.05) is 0 Å². The average molecular weight is 444 g/mol. The van der Waals surface area contributed by atoms with Crippen molar-refractivity contribution in [2.45, 2.75) is 32.1 Å². The van der Waals surface area contributed by atoms with Crippen molar-refractivity contribution in [1.82, 2.24) is 25.7 Å². The van der Waals surface area contributed by atoms with Crippen LogP contribution in [0.1, 0.15) is 35.4 Å². The highest BCUT2D eigenvalue weighted by atomic mass is 79.9. The number of benzene rings is 1. The SMILES string of the molecule is CCn1c(C2CC(NC(=O)c3cncc(Br)c3)NN2)cc2ccc(OC)cc21. The Bertz CT molecular complexity index is 1020. The fourth-order valence-electron chi connectivity index (χ4n) is 3.65. The first-order valence-corrected chi connectivity index (χ1v) is 9.98. The van der Waals surface area contributed by atoms with Crippen LogP contribution in [0.25, 0.3) is 10.9 Å². The number of pyridine rings is 1. The molecule has 8 heteroatoms. The van der Waals surface area contributed by atoms with E-state index in [0.29, 0.717) is 5.56 Å². The number of hydrogen-bond donors (Lipinski definition) is 3. The molecule has 2 atom stereocenters. The smallest absolute Gasteiger partial charge is 0.254 e. The van der Waals surface area contributed by atoms with Crippen LogP contribution in [0.15, 0.2) is 47.2 Å². The van der Waals surface area contributed by atoms with Crippen LogP contribution in [0, 0.1) is 0 Å². The van der Waals surface area contributed by atoms with Gasteiger partial charge in [0.1, 0.15) is 5.75 Å². The van der Waals surface area contributed by atoms with E-state index >= 15 is 0 Å². The summed E-state index contributed by atoms with van der Waals surface area (Å²) >= 11 is 3.34. The summed E-state index contributed by atoms with van der Waals surface area (Å²) in [7, 11) is 1.68. The third-order valence-corrected chi connectivity index (χ3v) is 5.43. The van der Waals surface area contributed by atoms with Gasteiger partial charge in [0.25, 0.3) is 5.91 Å². The number of halogens is 1. The second-order valence-corrected chi connectivity index (χ2v) is 7.65. The van der Waals surface area contributed by atoms with Crippen LogP contribution in [-0.2, 0) is 6.54 Å². The maximum absolute atomic E-state index is 12.5. The lowest BCUT2D eigenvalue weighted by molar-refractivity contribution is 0.0932. The number of aryl methyl sites for hydroxylation is 1. The van der Waals surface area contributed by atoms with Gasteiger partial charge in [0, 0.05) is 47.0 Å². The standard InChI is InChI=1S/C20H22BrN5O2/c1-3-26-17-8-15(28-2)5-4-12(17)7-18(26)16-9-19(25-24-16)23-20(27)13-6-14(21)11-22-10-13/h4-8,10-11,16,19,24-25H,3,9H2,1-2H3,(H,23,27). The highest BCUT2D eigenvalue weighted by Crippen LogP contribution is 2.30. The Labute approximate surface area is 171 Å². The number of amides is 1. The summed E-state index contributed by atoms with van der Waals surface area (Å²) in [5.41, 5.74) is 9.35. The summed E-state index contributed by atoms with van der Waals surface area (Å²) in [6.07, 6.45) is 3.78. The number of ether oxygens (including phenoxy) is 1. The molecule has 0 bridgehead atoms. The van der Waals surface area contributed by atoms with Crippen LogP contribution >= 0.6 is 15.9 Å². The molecule has 0 saturated carbocycles. The minimum Gasteiger partial charge on any atom is -0.497 e. The zero-order chi connectivity index (χ0) is 19.7. The van der Waals surface area contributed by atoms with Crippen LogP contribution in [0.2, 0.25) is 0 Å². The monoisotopic (exact) mass is 443 g/mol. The van der Waals surface area contributed by atoms with E-state index in [4.69, 9.17) is 4.74 Å². The predicted molar refractivity (Wildman–Crippen MR) is 111 cm³/mol. The van der Waals surface area contributed by atoms with Crippen LogP contribution < -0.4 is 20.9 Å². The first-order chi connectivity index (χ1) is 13.6. The molecule has 1 aromatic carbocycles. The second-order valence-electron chi connectivity index (χ2n) is 6.73. The fourth-order valence-corrected chi connectivity index (χ4v) is 4.01. The van der Waals surface area contributed by atoms with E-state index in [1.807, 2.05) is 6.07 Å². The molecule has 2 unspecified atom stereocenters. The molecule has 28 heavy (non-hydrogen) atoms. The minimum atomic E-state index is -0.172. The van der Waals surface area contributed by atoms with E-state index in [2.05, 4.69) is 66.8 Å². The van der Waals surface area contributed by atoms with Gasteiger partial charge in [-0.15, -0.1) is 0 Å². The molecule has 0 spiro atoms. The largest absolute Gasteiger partial charge is 0.497 e. The molecule has 3 N–H and O–H groups in total. The molecule has 0 radical (unpaired) electrons. The number of hydrogen-bond acceptors (Lipinski definition) is 5. The van der Waals surface area contributed by atoms with Crippen LogP contribution in [0.4, 0.5) is 0 Å². The number of nitrogens with one attached hydrogen (secondary N) is 3. The Morgan fingerprint density at radius 3 is 2.93 bits per heavy atom. The van der Waals surface area contributed by atoms with Crippen molar-refractivity contribution < 1.29 is 9.53 Å². The van der Waals surface area contributed by atoms with E-state index in [9.17, 15) is 4.79 Å². The maximum Gasteiger partial charge on any atom is 0.254 e. The summed E-state index contributed by atoms with van der Waals surface area (Å²) in [4.78, 5) is 16.5. The molecule has 1 aliphatic rings. The van der Waals surface area contributed by atoms with Gasteiger partial charge in [-0.05, 0) is 47.1 Å². The second kappa shape index (κ2) is 7.90. The van der Waals surface area contributed by atoms with Crippen molar-refractivity contribution >= 4 is 32.7 Å². The van der Waals surface area contributed by atoms with Crippen molar-refractivity contribution in [3.63, 3.8) is 0 Å². The number of rotatable bonds is 5. The molecule has 146 valence electrons. The van der Waals surface area contributed by atoms with Gasteiger partial charge in [0.2, 0.25) is 0 Å². The number of carbonyl (C=O) groups is 1. The summed E-state index contributed by atoms with van der Waals surface area (Å²) in [5, 5.41) is 4.18. The first kappa shape index (κ1) is 18.9. The van der Waals surface area contributed by atoms with E-state index in [1.54, 1.807) is 25.6 Å². The van der Waals surface area contributed by atoms with E-state index in [-0.39, 0.29) is 18.1 Å². The molecule has 4 rings (SSSR count). The molecule has 1 fully saturated rings. The van der Waals surface area contributed by atoms with Gasteiger partial charge >= 0.3 is 0 Å². The lowest BCUT2D eigenvalue weighted by Gasteiger charge is -2.14. The number of aromatic nitrogens is 2. The molecular formula is C20H22BrN5O2. The van der Waals surface area contributed by atoms with E-state index in [1.165, 1.54) is 11.1 Å². The van der Waals surface area contributed by atoms with Gasteiger partial charge in [-0.25, -0.2) is 10.9 Å². The predicted octanol–water partition coefficient (Wildman–Crippen LogP) is 3.12. The van der Waals surface area contributed by atoms with Gasteiger partial charge in [0.05, 0.1) is 30.4 Å². The minimum absolute atomic E-state index is 0.0873. The molecular weight excluding hydrogens is 422 g/mol. The Morgan fingerprint density at radius 1 is 1.32 bits per heavy atom. The molecule has 3 aromatic rings. The molecule has 1 amide bonds. The molecule has 7 nitrogen and oxygen atoms in total. The van der Waals surface area contributed by atoms with Crippen molar-refractivity contribution in [3.05, 3.63) is 58.5 Å². The topological polar surface area (TPSA) is 80.2 Å². The third kappa shape index (κ3) is 3.63. The van der Waals surface area contributed by atoms with E-state index in [0.717, 1.165) is 28.7 Å². The molecule has 3 heterocycles. The van der Waals surface area contributed by atoms with Gasteiger partial charge in [-0.3, -0.25) is 9.78 Å². The third-order valence-electron chi connectivity index (χ3n) is 4.99. The number of methoxy groups -OCH3 is 1. The molecule has 1 saturated heterocycles. The van der Waals surface area contributed by atoms with Crippen LogP contribution in [0.3, 0.4) is 0 Å². The highest BCUT2D eigenvalue weighted by Gasteiger charge is 2.29. The Morgan fingerprint density at radius 2 is 2.18 bits per heavy atom. The number of carbonyl (C=O) groups excluding carboxylic acids is 1. The van der Waals surface area contributed by atoms with Gasteiger partial charge in [0.15, 0.2) is 0 Å². The van der Waals surface area contributed by atoms with Crippen molar-refractivity contribution in [2.75, 3.05) is 7.11 Å². The summed E-state index contributed by atoms with van der Waals surface area (Å²) in [6, 6.07) is 10.1. The lowest BCUT2D eigenvalue weighted by Crippen LogP contribution is -2.44. The zero-order valence-electron chi connectivity index (χ0n) is 15.7. The molecule has 0 aliphatic carbocycles. The van der Waals surface area contributed by atoms with Crippen LogP contribution in [-0.4, -0.2) is 28.7 Å². The van der Waals surface area contributed by atoms with Crippen molar-refractivity contribution in [1.29, 1.82) is 0 Å². The highest BCUT2D eigenvalue weighted by molar-refractivity contribution is 9.10.